The molecule has 0 bridgehead atoms. The molecule has 3 heterocycles. The van der Waals surface area contributed by atoms with Crippen molar-refractivity contribution in [3.63, 3.8) is 0 Å². The summed E-state index contributed by atoms with van der Waals surface area (Å²) in [5.41, 5.74) is 6.26. The maximum atomic E-state index is 7.99. The van der Waals surface area contributed by atoms with Crippen molar-refractivity contribution < 1.29 is 36.9 Å². The molecular weight excluding hydrogens is 861 g/mol. The van der Waals surface area contributed by atoms with E-state index >= 15 is 0 Å². The maximum absolute atomic E-state index is 7.99. The van der Waals surface area contributed by atoms with E-state index in [1.807, 2.05) is 51.1 Å². The Bertz CT molecular complexity index is 3040. The molecule has 287 valence electrons. The second kappa shape index (κ2) is 15.0. The van der Waals surface area contributed by atoms with Crippen LogP contribution in [-0.4, -0.2) is 9.97 Å². The van der Waals surface area contributed by atoms with Crippen molar-refractivity contribution in [1.29, 1.82) is 0 Å². The van der Waals surface area contributed by atoms with Crippen LogP contribution in [0.4, 0.5) is 0 Å². The molecule has 5 aromatic carbocycles. The summed E-state index contributed by atoms with van der Waals surface area (Å²) in [6.07, 6.45) is 6.89. The van der Waals surface area contributed by atoms with Gasteiger partial charge < -0.3 is 14.4 Å². The van der Waals surface area contributed by atoms with Crippen molar-refractivity contribution in [2.24, 2.45) is 5.41 Å². The van der Waals surface area contributed by atoms with Crippen LogP contribution in [0.3, 0.4) is 0 Å². The average Bonchev–Trinajstić information content (AvgIpc) is 3.60. The Kier molecular flexibility index (Phi) is 7.94. The summed E-state index contributed by atoms with van der Waals surface area (Å²) >= 11 is 0. The van der Waals surface area contributed by atoms with Gasteiger partial charge in [0.25, 0.3) is 0 Å². The number of hydrogen-bond donors (Lipinski definition) is 0. The molecule has 0 amide bonds. The summed E-state index contributed by atoms with van der Waals surface area (Å²) in [6.45, 7) is 6.08. The van der Waals surface area contributed by atoms with Gasteiger partial charge in [-0.1, -0.05) is 108 Å². The molecule has 0 saturated heterocycles. The molecule has 1 aliphatic carbocycles. The van der Waals surface area contributed by atoms with E-state index < -0.39 is 20.6 Å². The van der Waals surface area contributed by atoms with E-state index in [1.165, 1.54) is 29.2 Å². The zero-order valence-corrected chi connectivity index (χ0v) is 35.2. The third kappa shape index (κ3) is 7.59. The van der Waals surface area contributed by atoms with Crippen LogP contribution in [0.5, 0.6) is 0 Å². The van der Waals surface area contributed by atoms with Crippen LogP contribution in [-0.2, 0) is 30.9 Å². The predicted octanol–water partition coefficient (Wildman–Crippen LogP) is 14.4. The van der Waals surface area contributed by atoms with Crippen LogP contribution in [0.25, 0.3) is 66.0 Å². The average molecular weight is 922 g/mol. The second-order valence-corrected chi connectivity index (χ2v) is 17.2. The molecular formula is C52H52IrN2O-2. The Hall–Kier alpha value is -4.63. The minimum Gasteiger partial charge on any atom is -0.501 e. The van der Waals surface area contributed by atoms with Crippen LogP contribution in [0.2, 0.25) is 0 Å². The van der Waals surface area contributed by atoms with Gasteiger partial charge in [0.15, 0.2) is 0 Å². The number of pyridine rings is 2. The van der Waals surface area contributed by atoms with Gasteiger partial charge in [0.2, 0.25) is 0 Å². The first-order valence-corrected chi connectivity index (χ1v) is 19.1. The van der Waals surface area contributed by atoms with Gasteiger partial charge in [-0.05, 0) is 123 Å². The molecule has 0 atom stereocenters. The van der Waals surface area contributed by atoms with Crippen LogP contribution < -0.4 is 0 Å². The van der Waals surface area contributed by atoms with Crippen molar-refractivity contribution >= 4 is 43.5 Å². The van der Waals surface area contributed by atoms with Gasteiger partial charge in [0.05, 0.1) is 5.58 Å². The van der Waals surface area contributed by atoms with Crippen LogP contribution in [0.1, 0.15) is 107 Å². The van der Waals surface area contributed by atoms with Crippen LogP contribution >= 0.6 is 0 Å². The second-order valence-electron chi connectivity index (χ2n) is 17.2. The van der Waals surface area contributed by atoms with Crippen molar-refractivity contribution in [1.82, 2.24) is 9.97 Å². The first-order chi connectivity index (χ1) is 29.8. The Morgan fingerprint density at radius 2 is 1.45 bits per heavy atom. The smallest absolute Gasteiger partial charge is 0.121 e. The summed E-state index contributed by atoms with van der Waals surface area (Å²) in [5, 5.41) is 6.71. The predicted molar refractivity (Wildman–Crippen MR) is 232 cm³/mol. The molecule has 0 aliphatic heterocycles. The molecule has 56 heavy (non-hydrogen) atoms. The molecule has 1 saturated carbocycles. The van der Waals surface area contributed by atoms with Gasteiger partial charge in [0.1, 0.15) is 5.58 Å². The Balaban J connectivity index is 0.000000195. The van der Waals surface area contributed by atoms with E-state index in [2.05, 4.69) is 85.3 Å². The summed E-state index contributed by atoms with van der Waals surface area (Å²) < 4.78 is 76.8. The molecule has 0 N–H and O–H groups in total. The number of benzene rings is 5. The normalized spacial score (nSPS) is 18.1. The minimum absolute atomic E-state index is 0. The van der Waals surface area contributed by atoms with E-state index in [1.54, 1.807) is 12.1 Å². The van der Waals surface area contributed by atoms with E-state index in [-0.39, 0.29) is 47.5 Å². The molecule has 0 unspecified atom stereocenters. The van der Waals surface area contributed by atoms with Gasteiger partial charge >= 0.3 is 0 Å². The SMILES string of the molecule is [2H]C([2H])([2H])c1c[c-]c(-c2cc(C3(C)CCC(C)(C)CC3)c(C([2H])([2H])[2H])cn2)cc1.[2H]C([2H])([2H])c1cnc(-c2[c-]ccc3c2oc2cc4c(ccc5ccccc54)cc23)cc1C(C)(C)C.[Ir]. The van der Waals surface area contributed by atoms with Crippen LogP contribution in [0, 0.1) is 38.1 Å². The fourth-order valence-corrected chi connectivity index (χ4v) is 8.08. The molecule has 1 radical (unpaired) electrons. The third-order valence-electron chi connectivity index (χ3n) is 11.6. The van der Waals surface area contributed by atoms with Gasteiger partial charge in [-0.3, -0.25) is 0 Å². The zero-order valence-electron chi connectivity index (χ0n) is 41.8. The number of aromatic nitrogens is 2. The molecule has 1 fully saturated rings. The number of aryl methyl sites for hydroxylation is 3. The first-order valence-electron chi connectivity index (χ1n) is 23.6. The van der Waals surface area contributed by atoms with E-state index in [4.69, 9.17) is 16.8 Å². The van der Waals surface area contributed by atoms with Crippen LogP contribution in [0.15, 0.2) is 108 Å². The van der Waals surface area contributed by atoms with Gasteiger partial charge in [-0.15, -0.1) is 53.6 Å². The summed E-state index contributed by atoms with van der Waals surface area (Å²) in [4.78, 5) is 8.95. The Morgan fingerprint density at radius 3 is 2.18 bits per heavy atom. The van der Waals surface area contributed by atoms with E-state index in [0.29, 0.717) is 28.1 Å². The van der Waals surface area contributed by atoms with E-state index in [0.717, 1.165) is 69.5 Å². The van der Waals surface area contributed by atoms with Gasteiger partial charge in [-0.2, -0.15) is 0 Å². The van der Waals surface area contributed by atoms with E-state index in [9.17, 15) is 0 Å². The number of fused-ring (bicyclic) bond motifs is 6. The summed E-state index contributed by atoms with van der Waals surface area (Å²) in [6, 6.07) is 35.6. The number of rotatable bonds is 3. The number of furan rings is 1. The Morgan fingerprint density at radius 1 is 0.696 bits per heavy atom. The molecule has 8 aromatic rings. The summed E-state index contributed by atoms with van der Waals surface area (Å²) in [7, 11) is 0. The standard InChI is InChI=1S/C30H24NO.C22H28N.Ir/c1-18-17-31-27(16-26(18)30(2,3)4)23-11-7-10-22-25-14-20-13-12-19-8-5-6-9-21(19)24(20)15-28(25)32-29(22)23;1-16-6-8-18(9-7-16)20-14-19(17(2)15-23-20)22(5)12-10-21(3,4)11-13-22;/h5-10,12-17H,1-4H3;6-8,14-15H,10-13H2,1-5H3;/q2*-1;/i1D3;1D3,2D3;. The molecule has 9 rings (SSSR count). The van der Waals surface area contributed by atoms with Crippen molar-refractivity contribution in [2.45, 2.75) is 98.6 Å². The largest absolute Gasteiger partial charge is 0.501 e. The first kappa shape index (κ1) is 29.6. The van der Waals surface area contributed by atoms with Gasteiger partial charge in [-0.25, -0.2) is 0 Å². The van der Waals surface area contributed by atoms with Crippen molar-refractivity contribution in [2.75, 3.05) is 0 Å². The Labute approximate surface area is 359 Å². The fourth-order valence-electron chi connectivity index (χ4n) is 8.08. The maximum Gasteiger partial charge on any atom is 0.121 e. The molecule has 3 aromatic heterocycles. The molecule has 4 heteroatoms. The fraction of sp³-hybridized carbons (Fsp3) is 0.308. The quantitative estimate of drug-likeness (QED) is 0.131. The number of nitrogens with zero attached hydrogens (tertiary/aromatic N) is 2. The van der Waals surface area contributed by atoms with Crippen molar-refractivity contribution in [3.8, 4) is 22.5 Å². The zero-order chi connectivity index (χ0) is 46.2. The summed E-state index contributed by atoms with van der Waals surface area (Å²) in [5.74, 6) is 0. The molecule has 1 aliphatic rings. The molecule has 0 spiro atoms. The topological polar surface area (TPSA) is 38.9 Å². The monoisotopic (exact) mass is 922 g/mol. The number of hydrogen-bond acceptors (Lipinski definition) is 3. The molecule has 3 nitrogen and oxygen atoms in total. The third-order valence-corrected chi connectivity index (χ3v) is 11.6. The van der Waals surface area contributed by atoms with Crippen molar-refractivity contribution in [3.05, 3.63) is 143 Å². The minimum atomic E-state index is -2.23. The van der Waals surface area contributed by atoms with Gasteiger partial charge in [0, 0.05) is 50.2 Å².